The van der Waals surface area contributed by atoms with Gasteiger partial charge >= 0.3 is 7.60 Å². The molecule has 0 fully saturated rings. The van der Waals surface area contributed by atoms with Gasteiger partial charge in [-0.2, -0.15) is 0 Å². The van der Waals surface area contributed by atoms with Crippen molar-refractivity contribution in [3.05, 3.63) is 59.7 Å². The molecule has 0 spiro atoms. The van der Waals surface area contributed by atoms with E-state index in [1.165, 1.54) is 6.26 Å². The quantitative estimate of drug-likeness (QED) is 0.587. The summed E-state index contributed by atoms with van der Waals surface area (Å²) in [6, 6.07) is 9.66. The molecule has 0 saturated carbocycles. The van der Waals surface area contributed by atoms with E-state index in [-0.39, 0.29) is 17.2 Å². The molecule has 3 N–H and O–H groups in total. The molecule has 9 nitrogen and oxygen atoms in total. The van der Waals surface area contributed by atoms with Crippen LogP contribution < -0.4 is 5.32 Å². The van der Waals surface area contributed by atoms with Crippen molar-refractivity contribution in [2.45, 2.75) is 12.7 Å². The van der Waals surface area contributed by atoms with Crippen LogP contribution in [0.4, 0.5) is 0 Å². The van der Waals surface area contributed by atoms with Crippen molar-refractivity contribution >= 4 is 13.5 Å². The highest BCUT2D eigenvalue weighted by Crippen LogP contribution is 2.49. The van der Waals surface area contributed by atoms with Gasteiger partial charge in [0.25, 0.3) is 17.7 Å². The molecule has 0 bridgehead atoms. The summed E-state index contributed by atoms with van der Waals surface area (Å²) in [5, 5.41) is 9.53. The van der Waals surface area contributed by atoms with Crippen molar-refractivity contribution in [2.75, 3.05) is 0 Å². The van der Waals surface area contributed by atoms with Gasteiger partial charge in [-0.3, -0.25) is 9.36 Å². The monoisotopic (exact) mass is 363 g/mol. The number of carbonyl (C=O) groups excluding carboxylic acids is 1. The molecule has 0 saturated heterocycles. The van der Waals surface area contributed by atoms with Crippen LogP contribution in [0, 0.1) is 6.92 Å². The van der Waals surface area contributed by atoms with E-state index >= 15 is 0 Å². The van der Waals surface area contributed by atoms with Gasteiger partial charge in [0.05, 0.1) is 6.26 Å². The minimum atomic E-state index is -4.80. The van der Waals surface area contributed by atoms with E-state index in [4.69, 9.17) is 8.83 Å². The van der Waals surface area contributed by atoms with Gasteiger partial charge in [-0.1, -0.05) is 17.7 Å². The highest BCUT2D eigenvalue weighted by molar-refractivity contribution is 7.52. The third-order valence-corrected chi connectivity index (χ3v) is 4.35. The smallest absolute Gasteiger partial charge is 0.357 e. The largest absolute Gasteiger partial charge is 0.459 e. The number of hydrogen-bond donors (Lipinski definition) is 3. The van der Waals surface area contributed by atoms with Crippen LogP contribution in [0.25, 0.3) is 11.7 Å². The molecule has 3 rings (SSSR count). The second-order valence-corrected chi connectivity index (χ2v) is 6.95. The number of carbonyl (C=O) groups is 1. The van der Waals surface area contributed by atoms with Crippen molar-refractivity contribution in [2.24, 2.45) is 0 Å². The van der Waals surface area contributed by atoms with E-state index in [2.05, 4.69) is 15.5 Å². The molecule has 1 atom stereocenters. The average Bonchev–Trinajstić information content (AvgIpc) is 3.23. The summed E-state index contributed by atoms with van der Waals surface area (Å²) in [5.74, 6) is -2.67. The fourth-order valence-electron chi connectivity index (χ4n) is 2.05. The molecule has 130 valence electrons. The first kappa shape index (κ1) is 17.1. The molecule has 25 heavy (non-hydrogen) atoms. The van der Waals surface area contributed by atoms with Gasteiger partial charge in [-0.25, -0.2) is 0 Å². The van der Waals surface area contributed by atoms with Crippen molar-refractivity contribution in [1.29, 1.82) is 0 Å². The molecule has 0 aliphatic heterocycles. The summed E-state index contributed by atoms with van der Waals surface area (Å²) in [6.07, 6.45) is 1.39. The lowest BCUT2D eigenvalue weighted by Gasteiger charge is -2.16. The molecule has 2 heterocycles. The summed E-state index contributed by atoms with van der Waals surface area (Å²) >= 11 is 0. The molecule has 0 radical (unpaired) electrons. The van der Waals surface area contributed by atoms with Crippen LogP contribution in [0.1, 0.15) is 27.6 Å². The van der Waals surface area contributed by atoms with E-state index < -0.39 is 25.2 Å². The molecular weight excluding hydrogens is 349 g/mol. The Hall–Kier alpha value is -2.74. The van der Waals surface area contributed by atoms with Crippen LogP contribution in [0.5, 0.6) is 0 Å². The average molecular weight is 363 g/mol. The maximum absolute atomic E-state index is 12.3. The first-order valence-electron chi connectivity index (χ1n) is 7.14. The highest BCUT2D eigenvalue weighted by atomic mass is 31.2. The lowest BCUT2D eigenvalue weighted by molar-refractivity contribution is 0.0938. The third kappa shape index (κ3) is 3.85. The second kappa shape index (κ2) is 6.64. The number of nitrogens with one attached hydrogen (secondary N) is 1. The summed E-state index contributed by atoms with van der Waals surface area (Å²) in [5.41, 5.74) is 1.19. The Labute approximate surface area is 141 Å². The van der Waals surface area contributed by atoms with Crippen LogP contribution in [-0.4, -0.2) is 25.9 Å². The second-order valence-electron chi connectivity index (χ2n) is 5.25. The van der Waals surface area contributed by atoms with Gasteiger partial charge in [0.1, 0.15) is 0 Å². The topological polar surface area (TPSA) is 139 Å². The number of aromatic nitrogens is 2. The predicted molar refractivity (Wildman–Crippen MR) is 85.4 cm³/mol. The molecule has 3 aromatic rings. The third-order valence-electron chi connectivity index (χ3n) is 3.32. The Bertz CT molecular complexity index is 913. The van der Waals surface area contributed by atoms with Gasteiger partial charge < -0.3 is 23.9 Å². The highest BCUT2D eigenvalue weighted by Gasteiger charge is 2.37. The first-order chi connectivity index (χ1) is 11.8. The standard InChI is InChI=1S/C15H14N3O6P/c1-9-4-6-10(7-5-9)12(19)16-15(25(20,21)22)14-18-17-13(24-14)11-3-2-8-23-11/h2-8,15H,1H3,(H,16,19)(H2,20,21,22)/t15-/m0/s1. The Morgan fingerprint density at radius 2 is 1.92 bits per heavy atom. The van der Waals surface area contributed by atoms with Crippen molar-refractivity contribution in [3.8, 4) is 11.7 Å². The van der Waals surface area contributed by atoms with Gasteiger partial charge in [-0.15, -0.1) is 10.2 Å². The lowest BCUT2D eigenvalue weighted by Crippen LogP contribution is -2.28. The zero-order chi connectivity index (χ0) is 18.0. The molecule has 2 aromatic heterocycles. The minimum absolute atomic E-state index is 0.0527. The Morgan fingerprint density at radius 1 is 1.20 bits per heavy atom. The maximum Gasteiger partial charge on any atom is 0.357 e. The van der Waals surface area contributed by atoms with E-state index in [0.717, 1.165) is 5.56 Å². The summed E-state index contributed by atoms with van der Waals surface area (Å²) < 4.78 is 22.1. The Balaban J connectivity index is 1.87. The number of hydrogen-bond acceptors (Lipinski definition) is 6. The maximum atomic E-state index is 12.3. The predicted octanol–water partition coefficient (Wildman–Crippen LogP) is 2.24. The molecule has 0 unspecified atom stereocenters. The van der Waals surface area contributed by atoms with E-state index in [9.17, 15) is 19.1 Å². The van der Waals surface area contributed by atoms with E-state index in [0.29, 0.717) is 0 Å². The molecule has 10 heteroatoms. The minimum Gasteiger partial charge on any atom is -0.459 e. The molecule has 1 amide bonds. The van der Waals surface area contributed by atoms with Crippen molar-refractivity contribution < 1.29 is 28.0 Å². The summed E-state index contributed by atoms with van der Waals surface area (Å²) in [6.45, 7) is 1.86. The lowest BCUT2D eigenvalue weighted by atomic mass is 10.1. The number of amides is 1. The van der Waals surface area contributed by atoms with E-state index in [1.807, 2.05) is 6.92 Å². The van der Waals surface area contributed by atoms with Crippen molar-refractivity contribution in [3.63, 3.8) is 0 Å². The normalized spacial score (nSPS) is 12.8. The van der Waals surface area contributed by atoms with Gasteiger partial charge in [0.2, 0.25) is 5.78 Å². The van der Waals surface area contributed by atoms with Gasteiger partial charge in [0, 0.05) is 5.56 Å². The fourth-order valence-corrected chi connectivity index (χ4v) is 2.72. The van der Waals surface area contributed by atoms with Gasteiger partial charge in [0.15, 0.2) is 5.76 Å². The first-order valence-corrected chi connectivity index (χ1v) is 8.83. The SMILES string of the molecule is Cc1ccc(C(=O)N[C@H](c2nnc(-c3ccco3)o2)P(=O)(O)O)cc1. The molecular formula is C15H14N3O6P. The number of aryl methyl sites for hydroxylation is 1. The molecule has 0 aliphatic rings. The number of nitrogens with zero attached hydrogens (tertiary/aromatic N) is 2. The Morgan fingerprint density at radius 3 is 2.52 bits per heavy atom. The Kier molecular flexibility index (Phi) is 4.54. The number of rotatable bonds is 5. The fraction of sp³-hybridized carbons (Fsp3) is 0.133. The van der Waals surface area contributed by atoms with Crippen LogP contribution >= 0.6 is 7.60 Å². The molecule has 0 aliphatic carbocycles. The van der Waals surface area contributed by atoms with E-state index in [1.54, 1.807) is 36.4 Å². The van der Waals surface area contributed by atoms with Crippen molar-refractivity contribution in [1.82, 2.24) is 15.5 Å². The summed E-state index contributed by atoms with van der Waals surface area (Å²) in [7, 11) is -4.80. The van der Waals surface area contributed by atoms with Gasteiger partial charge in [-0.05, 0) is 31.2 Å². The molecule has 1 aromatic carbocycles. The zero-order valence-electron chi connectivity index (χ0n) is 13.0. The summed E-state index contributed by atoms with van der Waals surface area (Å²) in [4.78, 5) is 31.4. The van der Waals surface area contributed by atoms with Crippen LogP contribution in [0.15, 0.2) is 51.5 Å². The van der Waals surface area contributed by atoms with Crippen LogP contribution in [-0.2, 0) is 4.57 Å². The van der Waals surface area contributed by atoms with Crippen LogP contribution in [0.2, 0.25) is 0 Å². The number of furan rings is 1. The van der Waals surface area contributed by atoms with Crippen LogP contribution in [0.3, 0.4) is 0 Å². The zero-order valence-corrected chi connectivity index (χ0v) is 13.9. The number of benzene rings is 1.